The molecule has 3 aromatic rings. The molecule has 1 N–H and O–H groups in total. The number of carbonyl (C=O) groups is 1. The monoisotopic (exact) mass is 620 g/mol. The van der Waals surface area contributed by atoms with Crippen molar-refractivity contribution in [2.45, 2.75) is 6.61 Å². The molecule has 156 valence electrons. The number of hydrogen-bond acceptors (Lipinski definition) is 4. The summed E-state index contributed by atoms with van der Waals surface area (Å²) in [6.45, 7) is 0.447. The molecule has 1 amide bonds. The van der Waals surface area contributed by atoms with E-state index in [0.717, 1.165) is 30.2 Å². The summed E-state index contributed by atoms with van der Waals surface area (Å²) in [6, 6.07) is 21.4. The van der Waals surface area contributed by atoms with Crippen molar-refractivity contribution >= 4 is 82.4 Å². The van der Waals surface area contributed by atoms with Crippen molar-refractivity contribution in [2.24, 2.45) is 4.99 Å². The first-order valence-corrected chi connectivity index (χ1v) is 12.4. The van der Waals surface area contributed by atoms with Gasteiger partial charge in [0, 0.05) is 4.47 Å². The number of hydrogen-bond donors (Lipinski definition) is 1. The van der Waals surface area contributed by atoms with E-state index in [2.05, 4.69) is 58.1 Å². The highest BCUT2D eigenvalue weighted by Crippen LogP contribution is 2.37. The van der Waals surface area contributed by atoms with Crippen molar-refractivity contribution in [3.05, 3.63) is 96.2 Å². The van der Waals surface area contributed by atoms with Crippen molar-refractivity contribution in [1.82, 2.24) is 5.32 Å². The Morgan fingerprint density at radius 2 is 1.65 bits per heavy atom. The third kappa shape index (κ3) is 5.88. The molecule has 0 spiro atoms. The van der Waals surface area contributed by atoms with Gasteiger partial charge < -0.3 is 10.1 Å². The van der Waals surface area contributed by atoms with E-state index >= 15 is 0 Å². The van der Waals surface area contributed by atoms with E-state index in [0.29, 0.717) is 22.4 Å². The van der Waals surface area contributed by atoms with Crippen molar-refractivity contribution in [1.29, 1.82) is 0 Å². The molecule has 0 aromatic heterocycles. The van der Waals surface area contributed by atoms with E-state index in [9.17, 15) is 4.79 Å². The fraction of sp³-hybridized carbons (Fsp3) is 0.0435. The molecule has 8 heteroatoms. The van der Waals surface area contributed by atoms with E-state index in [4.69, 9.17) is 4.74 Å². The van der Waals surface area contributed by atoms with Gasteiger partial charge in [0.2, 0.25) is 0 Å². The van der Waals surface area contributed by atoms with E-state index < -0.39 is 0 Å². The van der Waals surface area contributed by atoms with Crippen LogP contribution in [0.3, 0.4) is 0 Å². The minimum Gasteiger partial charge on any atom is -0.487 e. The number of carbonyl (C=O) groups excluding carboxylic acids is 1. The second kappa shape index (κ2) is 10.2. The molecule has 3 aromatic carbocycles. The highest BCUT2D eigenvalue weighted by molar-refractivity contribution is 9.11. The topological polar surface area (TPSA) is 50.7 Å². The van der Waals surface area contributed by atoms with Gasteiger partial charge in [-0.15, -0.1) is 0 Å². The zero-order valence-corrected chi connectivity index (χ0v) is 21.5. The van der Waals surface area contributed by atoms with Gasteiger partial charge in [-0.2, -0.15) is 0 Å². The van der Waals surface area contributed by atoms with Gasteiger partial charge in [0.25, 0.3) is 5.91 Å². The first-order valence-electron chi connectivity index (χ1n) is 9.19. The zero-order chi connectivity index (χ0) is 21.8. The molecule has 1 heterocycles. The van der Waals surface area contributed by atoms with Crippen molar-refractivity contribution in [2.75, 3.05) is 0 Å². The Bertz CT molecular complexity index is 1160. The molecule has 0 unspecified atom stereocenters. The summed E-state index contributed by atoms with van der Waals surface area (Å²) in [5.74, 6) is 0.544. The Balaban J connectivity index is 1.50. The van der Waals surface area contributed by atoms with Gasteiger partial charge in [-0.05, 0) is 97.2 Å². The second-order valence-corrected chi connectivity index (χ2v) is 10.2. The van der Waals surface area contributed by atoms with Crippen LogP contribution in [0.1, 0.15) is 11.1 Å². The van der Waals surface area contributed by atoms with Crippen molar-refractivity contribution in [3.8, 4) is 5.75 Å². The Morgan fingerprint density at radius 1 is 0.968 bits per heavy atom. The molecule has 4 nitrogen and oxygen atoms in total. The van der Waals surface area contributed by atoms with Crippen LogP contribution in [0.5, 0.6) is 5.75 Å². The standard InChI is InChI=1S/C23H15Br3N2O2S/c24-16-8-6-14(7-9-16)13-30-21-18(25)10-15(11-19(21)26)12-20-22(29)28-23(31-20)27-17-4-2-1-3-5-17/h1-12H,13H2,(H,27,28,29)/b20-12-. The van der Waals surface area contributed by atoms with Crippen LogP contribution in [0, 0.1) is 0 Å². The molecule has 0 aliphatic carbocycles. The van der Waals surface area contributed by atoms with Crippen molar-refractivity contribution < 1.29 is 9.53 Å². The van der Waals surface area contributed by atoms with E-state index in [1.54, 1.807) is 0 Å². The van der Waals surface area contributed by atoms with Gasteiger partial charge in [-0.3, -0.25) is 4.79 Å². The van der Waals surface area contributed by atoms with Crippen LogP contribution in [0.15, 0.2) is 90.0 Å². The van der Waals surface area contributed by atoms with Crippen LogP contribution in [0.2, 0.25) is 0 Å². The number of halogens is 3. The maximum absolute atomic E-state index is 12.4. The molecule has 0 atom stereocenters. The van der Waals surface area contributed by atoms with Gasteiger partial charge in [-0.25, -0.2) is 4.99 Å². The molecule has 1 aliphatic heterocycles. The summed E-state index contributed by atoms with van der Waals surface area (Å²) in [5.41, 5.74) is 2.73. The van der Waals surface area contributed by atoms with Gasteiger partial charge in [0.05, 0.1) is 19.5 Å². The number of thioether (sulfide) groups is 1. The lowest BCUT2D eigenvalue weighted by Crippen LogP contribution is -2.19. The van der Waals surface area contributed by atoms with Gasteiger partial charge in [0.1, 0.15) is 12.4 Å². The van der Waals surface area contributed by atoms with Gasteiger partial charge in [0.15, 0.2) is 5.17 Å². The summed E-state index contributed by atoms with van der Waals surface area (Å²) < 4.78 is 8.62. The number of aliphatic imine (C=N–C) groups is 1. The summed E-state index contributed by atoms with van der Waals surface area (Å²) in [4.78, 5) is 17.4. The van der Waals surface area contributed by atoms with Crippen LogP contribution in [0.25, 0.3) is 6.08 Å². The first-order chi connectivity index (χ1) is 15.0. The Kier molecular flexibility index (Phi) is 7.32. The quantitative estimate of drug-likeness (QED) is 0.301. The number of nitrogens with zero attached hydrogens (tertiary/aromatic N) is 1. The molecular formula is C23H15Br3N2O2S. The molecule has 0 saturated carbocycles. The van der Waals surface area contributed by atoms with E-state index in [1.807, 2.05) is 72.8 Å². The fourth-order valence-electron chi connectivity index (χ4n) is 2.79. The number of amides is 1. The lowest BCUT2D eigenvalue weighted by molar-refractivity contribution is -0.115. The normalized spacial score (nSPS) is 16.0. The van der Waals surface area contributed by atoms with E-state index in [1.165, 1.54) is 11.8 Å². The van der Waals surface area contributed by atoms with Crippen LogP contribution >= 0.6 is 59.6 Å². The van der Waals surface area contributed by atoms with Crippen molar-refractivity contribution in [3.63, 3.8) is 0 Å². The Hall–Kier alpha value is -1.87. The fourth-order valence-corrected chi connectivity index (χ4v) is 5.35. The first kappa shape index (κ1) is 22.3. The second-order valence-electron chi connectivity index (χ2n) is 6.55. The predicted octanol–water partition coefficient (Wildman–Crippen LogP) is 7.44. The average Bonchev–Trinajstić information content (AvgIpc) is 3.08. The third-order valence-corrected chi connectivity index (χ3v) is 6.87. The molecule has 0 bridgehead atoms. The minimum atomic E-state index is -0.164. The van der Waals surface area contributed by atoms with Gasteiger partial charge >= 0.3 is 0 Å². The zero-order valence-electron chi connectivity index (χ0n) is 15.9. The summed E-state index contributed by atoms with van der Waals surface area (Å²) >= 11 is 11.9. The van der Waals surface area contributed by atoms with Crippen LogP contribution in [-0.2, 0) is 11.4 Å². The Morgan fingerprint density at radius 3 is 2.32 bits per heavy atom. The number of rotatable bonds is 5. The SMILES string of the molecule is O=C1NC(=Nc2ccccc2)S/C1=C\c1cc(Br)c(OCc2ccc(Br)cc2)c(Br)c1. The number of amidine groups is 1. The average molecular weight is 623 g/mol. The van der Waals surface area contributed by atoms with Crippen LogP contribution in [-0.4, -0.2) is 11.1 Å². The lowest BCUT2D eigenvalue weighted by atomic mass is 10.2. The molecule has 1 saturated heterocycles. The highest BCUT2D eigenvalue weighted by atomic mass is 79.9. The summed E-state index contributed by atoms with van der Waals surface area (Å²) in [6.07, 6.45) is 1.83. The number of benzene rings is 3. The number of para-hydroxylation sites is 1. The largest absolute Gasteiger partial charge is 0.487 e. The minimum absolute atomic E-state index is 0.164. The number of nitrogens with one attached hydrogen (secondary N) is 1. The molecule has 31 heavy (non-hydrogen) atoms. The van der Waals surface area contributed by atoms with Crippen LogP contribution in [0.4, 0.5) is 5.69 Å². The van der Waals surface area contributed by atoms with E-state index in [-0.39, 0.29) is 5.91 Å². The maximum Gasteiger partial charge on any atom is 0.264 e. The number of ether oxygens (including phenoxy) is 1. The molecule has 4 rings (SSSR count). The summed E-state index contributed by atoms with van der Waals surface area (Å²) in [5, 5.41) is 3.37. The Labute approximate surface area is 209 Å². The third-order valence-electron chi connectivity index (χ3n) is 4.25. The maximum atomic E-state index is 12.4. The van der Waals surface area contributed by atoms with Crippen LogP contribution < -0.4 is 10.1 Å². The smallest absolute Gasteiger partial charge is 0.264 e. The van der Waals surface area contributed by atoms with Gasteiger partial charge in [-0.1, -0.05) is 46.3 Å². The lowest BCUT2D eigenvalue weighted by Gasteiger charge is -2.12. The molecular weight excluding hydrogens is 608 g/mol. The molecule has 1 aliphatic rings. The highest BCUT2D eigenvalue weighted by Gasteiger charge is 2.24. The summed E-state index contributed by atoms with van der Waals surface area (Å²) in [7, 11) is 0. The molecule has 0 radical (unpaired) electrons. The predicted molar refractivity (Wildman–Crippen MR) is 138 cm³/mol. The molecule has 1 fully saturated rings.